The van der Waals surface area contributed by atoms with Crippen molar-refractivity contribution in [3.8, 4) is 11.6 Å². The van der Waals surface area contributed by atoms with E-state index >= 15 is 0 Å². The lowest BCUT2D eigenvalue weighted by Gasteiger charge is -2.17. The molecule has 0 spiro atoms. The van der Waals surface area contributed by atoms with Gasteiger partial charge in [-0.05, 0) is 24.1 Å². The van der Waals surface area contributed by atoms with E-state index < -0.39 is 0 Å². The summed E-state index contributed by atoms with van der Waals surface area (Å²) in [6, 6.07) is 7.49. The van der Waals surface area contributed by atoms with Crippen LogP contribution >= 0.6 is 11.3 Å². The molecular weight excluding hydrogens is 340 g/mol. The summed E-state index contributed by atoms with van der Waals surface area (Å²) in [4.78, 5) is 27.4. The number of aromatic amines is 1. The number of unbranched alkanes of at least 4 members (excludes halogenated alkanes) is 1. The topological polar surface area (TPSA) is 82.6 Å². The molecule has 1 aromatic carbocycles. The number of likely N-dealkylation sites (N-methyl/N-ethyl adjacent to an activating group) is 1. The van der Waals surface area contributed by atoms with Gasteiger partial charge in [0, 0.05) is 19.9 Å². The molecule has 0 saturated carbocycles. The number of H-pyrrole nitrogens is 1. The summed E-state index contributed by atoms with van der Waals surface area (Å²) < 4.78 is 5.67. The zero-order valence-electron chi connectivity index (χ0n) is 14.6. The van der Waals surface area contributed by atoms with Gasteiger partial charge in [-0.25, -0.2) is 0 Å². The molecule has 2 N–H and O–H groups in total. The second kappa shape index (κ2) is 9.27. The minimum atomic E-state index is -0.259. The first-order chi connectivity index (χ1) is 12.0. The maximum atomic E-state index is 11.8. The molecule has 1 aromatic heterocycles. The van der Waals surface area contributed by atoms with Crippen molar-refractivity contribution in [2.45, 2.75) is 32.6 Å². The number of nitrogens with zero attached hydrogens (tertiary/aromatic N) is 1. The zero-order valence-corrected chi connectivity index (χ0v) is 15.4. The van der Waals surface area contributed by atoms with E-state index in [1.165, 1.54) is 0 Å². The Kier molecular flexibility index (Phi) is 7.06. The number of benzene rings is 1. The van der Waals surface area contributed by atoms with Gasteiger partial charge in [-0.1, -0.05) is 36.8 Å². The van der Waals surface area contributed by atoms with Crippen LogP contribution in [0, 0.1) is 0 Å². The number of rotatable bonds is 9. The van der Waals surface area contributed by atoms with Crippen molar-refractivity contribution < 1.29 is 14.6 Å². The summed E-state index contributed by atoms with van der Waals surface area (Å²) in [5.41, 5.74) is 0.977. The predicted octanol–water partition coefficient (Wildman–Crippen LogP) is 2.76. The molecule has 0 bridgehead atoms. The van der Waals surface area contributed by atoms with Crippen molar-refractivity contribution in [1.82, 2.24) is 9.88 Å². The van der Waals surface area contributed by atoms with E-state index in [1.807, 2.05) is 24.3 Å². The van der Waals surface area contributed by atoms with Gasteiger partial charge in [0.05, 0.1) is 11.4 Å². The zero-order chi connectivity index (χ0) is 18.2. The quantitative estimate of drug-likeness (QED) is 0.717. The number of aromatic nitrogens is 1. The average molecular weight is 364 g/mol. The molecule has 2 rings (SSSR count). The van der Waals surface area contributed by atoms with Crippen LogP contribution in [0.3, 0.4) is 0 Å². The first-order valence-electron chi connectivity index (χ1n) is 8.36. The highest BCUT2D eigenvalue weighted by Gasteiger charge is 2.09. The highest BCUT2D eigenvalue weighted by Crippen LogP contribution is 2.21. The molecule has 0 saturated heterocycles. The Hall–Kier alpha value is -2.28. The van der Waals surface area contributed by atoms with Gasteiger partial charge in [0.25, 0.3) is 0 Å². The summed E-state index contributed by atoms with van der Waals surface area (Å²) in [6.45, 7) is 3.06. The van der Waals surface area contributed by atoms with Crippen LogP contribution in [0.15, 0.2) is 29.1 Å². The lowest BCUT2D eigenvalue weighted by atomic mass is 10.1. The van der Waals surface area contributed by atoms with E-state index in [1.54, 1.807) is 11.9 Å². The average Bonchev–Trinajstić information content (AvgIpc) is 2.91. The normalized spacial score (nSPS) is 10.6. The lowest BCUT2D eigenvalue weighted by molar-refractivity contribution is -0.130. The second-order valence-corrected chi connectivity index (χ2v) is 6.94. The fourth-order valence-electron chi connectivity index (χ4n) is 2.30. The van der Waals surface area contributed by atoms with Crippen molar-refractivity contribution in [3.05, 3.63) is 44.4 Å². The fraction of sp³-hybridized carbons (Fsp3) is 0.444. The van der Waals surface area contributed by atoms with Gasteiger partial charge in [0.1, 0.15) is 12.4 Å². The first-order valence-corrected chi connectivity index (χ1v) is 9.18. The Morgan fingerprint density at radius 3 is 2.64 bits per heavy atom. The molecule has 0 fully saturated rings. The summed E-state index contributed by atoms with van der Waals surface area (Å²) in [6.07, 6.45) is 3.00. The number of carbonyl (C=O) groups excluding carboxylic acids is 1. The minimum absolute atomic E-state index is 0.0638. The second-order valence-electron chi connectivity index (χ2n) is 5.87. The van der Waals surface area contributed by atoms with Crippen LogP contribution < -0.4 is 9.61 Å². The van der Waals surface area contributed by atoms with E-state index in [2.05, 4.69) is 11.9 Å². The molecule has 0 unspecified atom stereocenters. The SMILES string of the molecule is CCCCC(=O)N(C)CCOc1ccc(Cc2sc(=O)[nH]c2O)cc1. The summed E-state index contributed by atoms with van der Waals surface area (Å²) in [5, 5.41) is 9.61. The molecule has 1 heterocycles. The maximum absolute atomic E-state index is 11.8. The highest BCUT2D eigenvalue weighted by molar-refractivity contribution is 7.09. The Morgan fingerprint density at radius 2 is 2.04 bits per heavy atom. The third-order valence-corrected chi connectivity index (χ3v) is 4.73. The van der Waals surface area contributed by atoms with Gasteiger partial charge >= 0.3 is 4.87 Å². The van der Waals surface area contributed by atoms with Gasteiger partial charge in [0.15, 0.2) is 0 Å². The number of amides is 1. The molecule has 1 amide bonds. The monoisotopic (exact) mass is 364 g/mol. The molecular formula is C18H24N2O4S. The molecule has 0 radical (unpaired) electrons. The molecule has 0 aliphatic heterocycles. The van der Waals surface area contributed by atoms with Crippen LogP contribution in [0.1, 0.15) is 36.6 Å². The van der Waals surface area contributed by atoms with E-state index in [4.69, 9.17) is 4.74 Å². The number of thiazole rings is 1. The molecule has 0 aliphatic rings. The van der Waals surface area contributed by atoms with Gasteiger partial charge in [-0.15, -0.1) is 0 Å². The van der Waals surface area contributed by atoms with Crippen LogP contribution in [0.4, 0.5) is 0 Å². The van der Waals surface area contributed by atoms with Crippen LogP contribution in [-0.2, 0) is 11.2 Å². The molecule has 136 valence electrons. The van der Waals surface area contributed by atoms with Gasteiger partial charge in [-0.2, -0.15) is 0 Å². The standard InChI is InChI=1S/C18H24N2O4S/c1-3-4-5-16(21)20(2)10-11-24-14-8-6-13(7-9-14)12-15-17(22)19-18(23)25-15/h6-9,22H,3-5,10-12H2,1-2H3,(H,19,23). The molecule has 6 nitrogen and oxygen atoms in total. The van der Waals surface area contributed by atoms with Gasteiger partial charge < -0.3 is 14.7 Å². The number of nitrogens with one attached hydrogen (secondary N) is 1. The van der Waals surface area contributed by atoms with E-state index in [0.29, 0.717) is 30.9 Å². The predicted molar refractivity (Wildman–Crippen MR) is 98.5 cm³/mol. The molecule has 25 heavy (non-hydrogen) atoms. The summed E-state index contributed by atoms with van der Waals surface area (Å²) in [5.74, 6) is 0.807. The maximum Gasteiger partial charge on any atom is 0.307 e. The van der Waals surface area contributed by atoms with Crippen LogP contribution in [0.25, 0.3) is 0 Å². The van der Waals surface area contributed by atoms with Gasteiger partial charge in [-0.3, -0.25) is 14.6 Å². The Morgan fingerprint density at radius 1 is 1.32 bits per heavy atom. The Balaban J connectivity index is 1.79. The van der Waals surface area contributed by atoms with Crippen molar-refractivity contribution in [2.75, 3.05) is 20.2 Å². The Bertz CT molecular complexity index is 736. The van der Waals surface area contributed by atoms with Crippen LogP contribution in [0.5, 0.6) is 11.6 Å². The van der Waals surface area contributed by atoms with Crippen LogP contribution in [-0.4, -0.2) is 41.1 Å². The first kappa shape index (κ1) is 19.1. The van der Waals surface area contributed by atoms with Crippen molar-refractivity contribution in [1.29, 1.82) is 0 Å². The number of hydrogen-bond donors (Lipinski definition) is 2. The highest BCUT2D eigenvalue weighted by atomic mass is 32.1. The van der Waals surface area contributed by atoms with Crippen LogP contribution in [0.2, 0.25) is 0 Å². The summed E-state index contributed by atoms with van der Waals surface area (Å²) in [7, 11) is 1.79. The van der Waals surface area contributed by atoms with E-state index in [0.717, 1.165) is 35.5 Å². The number of carbonyl (C=O) groups is 1. The number of ether oxygens (including phenoxy) is 1. The van der Waals surface area contributed by atoms with Crippen molar-refractivity contribution >= 4 is 17.2 Å². The van der Waals surface area contributed by atoms with Crippen molar-refractivity contribution in [2.24, 2.45) is 0 Å². The van der Waals surface area contributed by atoms with E-state index in [-0.39, 0.29) is 16.7 Å². The van der Waals surface area contributed by atoms with Crippen molar-refractivity contribution in [3.63, 3.8) is 0 Å². The largest absolute Gasteiger partial charge is 0.494 e. The minimum Gasteiger partial charge on any atom is -0.494 e. The summed E-state index contributed by atoms with van der Waals surface area (Å²) >= 11 is 1.01. The van der Waals surface area contributed by atoms with E-state index in [9.17, 15) is 14.7 Å². The Labute approximate surface area is 151 Å². The molecule has 0 aliphatic carbocycles. The molecule has 0 atom stereocenters. The lowest BCUT2D eigenvalue weighted by Crippen LogP contribution is -2.30. The number of hydrogen-bond acceptors (Lipinski definition) is 5. The molecule has 7 heteroatoms. The fourth-order valence-corrected chi connectivity index (χ4v) is 3.06. The smallest absolute Gasteiger partial charge is 0.307 e. The third kappa shape index (κ3) is 5.94. The third-order valence-electron chi connectivity index (χ3n) is 3.85. The van der Waals surface area contributed by atoms with Gasteiger partial charge in [0.2, 0.25) is 11.8 Å². The number of aromatic hydroxyl groups is 1. The molecule has 2 aromatic rings.